The zero-order valence-electron chi connectivity index (χ0n) is 9.74. The minimum atomic E-state index is 0.247. The molecule has 88 valence electrons. The van der Waals surface area contributed by atoms with Crippen molar-refractivity contribution in [1.82, 2.24) is 9.88 Å². The second-order valence-corrected chi connectivity index (χ2v) is 4.96. The van der Waals surface area contributed by atoms with Gasteiger partial charge in [-0.15, -0.1) is 0 Å². The van der Waals surface area contributed by atoms with Crippen molar-refractivity contribution in [3.63, 3.8) is 0 Å². The molecule has 3 heterocycles. The van der Waals surface area contributed by atoms with Crippen LogP contribution in [-0.2, 0) is 16.8 Å². The molecule has 4 nitrogen and oxygen atoms in total. The molecule has 2 saturated heterocycles. The Kier molecular flexibility index (Phi) is 2.48. The summed E-state index contributed by atoms with van der Waals surface area (Å²) in [5, 5.41) is 0. The number of aromatic nitrogens is 1. The monoisotopic (exact) mass is 222 g/mol. The van der Waals surface area contributed by atoms with Gasteiger partial charge in [0.1, 0.15) is 12.4 Å². The van der Waals surface area contributed by atoms with Crippen LogP contribution in [0.1, 0.15) is 30.9 Å². The number of nitrogens with zero attached hydrogens (tertiary/aromatic N) is 2. The second kappa shape index (κ2) is 3.86. The maximum atomic E-state index is 5.82. The lowest BCUT2D eigenvalue weighted by Crippen LogP contribution is -2.36. The van der Waals surface area contributed by atoms with Crippen molar-refractivity contribution in [1.29, 1.82) is 0 Å². The summed E-state index contributed by atoms with van der Waals surface area (Å²) in [6.07, 6.45) is 5.64. The molecule has 2 unspecified atom stereocenters. The minimum Gasteiger partial charge on any atom is -0.443 e. The summed E-state index contributed by atoms with van der Waals surface area (Å²) in [6, 6.07) is 0. The first-order chi connectivity index (χ1) is 7.82. The van der Waals surface area contributed by atoms with Gasteiger partial charge in [0.25, 0.3) is 0 Å². The van der Waals surface area contributed by atoms with Gasteiger partial charge in [-0.1, -0.05) is 0 Å². The summed E-state index contributed by atoms with van der Waals surface area (Å²) in [4.78, 5) is 6.81. The van der Waals surface area contributed by atoms with E-state index in [9.17, 15) is 0 Å². The highest BCUT2D eigenvalue weighted by Gasteiger charge is 2.44. The van der Waals surface area contributed by atoms with Crippen molar-refractivity contribution in [2.45, 2.75) is 31.3 Å². The minimum absolute atomic E-state index is 0.247. The van der Waals surface area contributed by atoms with Gasteiger partial charge in [0, 0.05) is 19.1 Å². The lowest BCUT2D eigenvalue weighted by Gasteiger charge is -2.31. The normalized spacial score (nSPS) is 33.2. The van der Waals surface area contributed by atoms with E-state index >= 15 is 0 Å². The first-order valence-corrected chi connectivity index (χ1v) is 5.99. The summed E-state index contributed by atoms with van der Waals surface area (Å²) in [7, 11) is 1.67. The molecule has 0 N–H and O–H groups in total. The van der Waals surface area contributed by atoms with Crippen LogP contribution in [0.2, 0.25) is 0 Å². The average molecular weight is 222 g/mol. The molecule has 0 amide bonds. The molecule has 16 heavy (non-hydrogen) atoms. The Bertz CT molecular complexity index is 373. The maximum Gasteiger partial charge on any atom is 0.220 e. The van der Waals surface area contributed by atoms with Gasteiger partial charge in [0.15, 0.2) is 0 Å². The van der Waals surface area contributed by atoms with Crippen molar-refractivity contribution in [3.05, 3.63) is 17.8 Å². The van der Waals surface area contributed by atoms with Crippen LogP contribution in [0.25, 0.3) is 0 Å². The predicted octanol–water partition coefficient (Wildman–Crippen LogP) is 1.56. The summed E-state index contributed by atoms with van der Waals surface area (Å²) < 4.78 is 10.9. The van der Waals surface area contributed by atoms with E-state index < -0.39 is 0 Å². The Morgan fingerprint density at radius 1 is 1.50 bits per heavy atom. The Labute approximate surface area is 95.6 Å². The molecular weight excluding hydrogens is 204 g/mol. The summed E-state index contributed by atoms with van der Waals surface area (Å²) in [6.45, 7) is 4.08. The highest BCUT2D eigenvalue weighted by Crippen LogP contribution is 2.42. The second-order valence-electron chi connectivity index (χ2n) is 4.96. The van der Waals surface area contributed by atoms with E-state index in [0.29, 0.717) is 12.5 Å². The number of rotatable bonds is 3. The van der Waals surface area contributed by atoms with Gasteiger partial charge in [0.2, 0.25) is 5.89 Å². The zero-order valence-corrected chi connectivity index (χ0v) is 9.74. The number of methoxy groups -OCH3 is 1. The van der Waals surface area contributed by atoms with Crippen LogP contribution in [0.4, 0.5) is 0 Å². The molecule has 2 fully saturated rings. The first-order valence-electron chi connectivity index (χ1n) is 5.99. The Morgan fingerprint density at radius 2 is 2.44 bits per heavy atom. The number of ether oxygens (including phenoxy) is 1. The highest BCUT2D eigenvalue weighted by atomic mass is 16.5. The molecule has 1 aromatic rings. The van der Waals surface area contributed by atoms with Crippen molar-refractivity contribution < 1.29 is 9.15 Å². The van der Waals surface area contributed by atoms with Crippen LogP contribution < -0.4 is 0 Å². The molecule has 2 atom stereocenters. The molecule has 1 aromatic heterocycles. The fourth-order valence-electron chi connectivity index (χ4n) is 3.06. The third kappa shape index (κ3) is 1.57. The quantitative estimate of drug-likeness (QED) is 0.778. The van der Waals surface area contributed by atoms with E-state index in [1.165, 1.54) is 32.4 Å². The largest absolute Gasteiger partial charge is 0.443 e. The van der Waals surface area contributed by atoms with E-state index in [1.807, 2.05) is 6.20 Å². The van der Waals surface area contributed by atoms with Gasteiger partial charge in [-0.25, -0.2) is 4.98 Å². The van der Waals surface area contributed by atoms with Crippen LogP contribution >= 0.6 is 0 Å². The lowest BCUT2D eigenvalue weighted by molar-refractivity contribution is 0.151. The molecule has 0 saturated carbocycles. The molecular formula is C12H18N2O2. The lowest BCUT2D eigenvalue weighted by atomic mass is 9.79. The van der Waals surface area contributed by atoms with Crippen LogP contribution in [-0.4, -0.2) is 36.6 Å². The van der Waals surface area contributed by atoms with E-state index in [2.05, 4.69) is 9.88 Å². The van der Waals surface area contributed by atoms with Crippen molar-refractivity contribution >= 4 is 0 Å². The third-order valence-corrected chi connectivity index (χ3v) is 3.91. The van der Waals surface area contributed by atoms with Gasteiger partial charge in [-0.3, -0.25) is 0 Å². The number of hydrogen-bond acceptors (Lipinski definition) is 4. The molecule has 2 bridgehead atoms. The molecule has 0 spiro atoms. The van der Waals surface area contributed by atoms with E-state index in [4.69, 9.17) is 9.15 Å². The number of piperidine rings is 1. The molecule has 0 aliphatic carbocycles. The van der Waals surface area contributed by atoms with Gasteiger partial charge < -0.3 is 14.1 Å². The topological polar surface area (TPSA) is 38.5 Å². The Balaban J connectivity index is 1.84. The fraction of sp³-hybridized carbons (Fsp3) is 0.750. The standard InChI is InChI=1S/C12H18N2O2/c1-15-8-11-13-7-10(16-11)12-3-2-5-14(9-12)6-4-12/h7H,2-6,8-9H2,1H3. The molecule has 3 rings (SSSR count). The van der Waals surface area contributed by atoms with E-state index in [1.54, 1.807) is 7.11 Å². The van der Waals surface area contributed by atoms with Gasteiger partial charge in [-0.2, -0.15) is 0 Å². The van der Waals surface area contributed by atoms with Crippen LogP contribution in [0, 0.1) is 0 Å². The molecule has 4 heteroatoms. The summed E-state index contributed by atoms with van der Waals surface area (Å²) >= 11 is 0. The third-order valence-electron chi connectivity index (χ3n) is 3.91. The average Bonchev–Trinajstić information content (AvgIpc) is 2.86. The van der Waals surface area contributed by atoms with E-state index in [0.717, 1.165) is 12.3 Å². The molecule has 0 radical (unpaired) electrons. The number of hydrogen-bond donors (Lipinski definition) is 0. The fourth-order valence-corrected chi connectivity index (χ4v) is 3.06. The van der Waals surface area contributed by atoms with Crippen molar-refractivity contribution in [2.75, 3.05) is 26.7 Å². The first kappa shape index (κ1) is 10.3. The highest BCUT2D eigenvalue weighted by molar-refractivity contribution is 5.17. The number of oxazole rings is 1. The molecule has 2 aliphatic heterocycles. The SMILES string of the molecule is COCc1ncc(C23CCCN(CC2)C3)o1. The molecule has 2 aliphatic rings. The van der Waals surface area contributed by atoms with Crippen molar-refractivity contribution in [2.24, 2.45) is 0 Å². The smallest absolute Gasteiger partial charge is 0.220 e. The van der Waals surface area contributed by atoms with E-state index in [-0.39, 0.29) is 5.41 Å². The maximum absolute atomic E-state index is 5.82. The van der Waals surface area contributed by atoms with Crippen molar-refractivity contribution in [3.8, 4) is 0 Å². The Morgan fingerprint density at radius 3 is 3.31 bits per heavy atom. The van der Waals surface area contributed by atoms with Crippen LogP contribution in [0.3, 0.4) is 0 Å². The summed E-state index contributed by atoms with van der Waals surface area (Å²) in [5.41, 5.74) is 0.247. The van der Waals surface area contributed by atoms with Gasteiger partial charge >= 0.3 is 0 Å². The van der Waals surface area contributed by atoms with Gasteiger partial charge in [-0.05, 0) is 32.4 Å². The summed E-state index contributed by atoms with van der Waals surface area (Å²) in [5.74, 6) is 1.78. The predicted molar refractivity (Wildman–Crippen MR) is 59.2 cm³/mol. The van der Waals surface area contributed by atoms with Gasteiger partial charge in [0.05, 0.1) is 6.20 Å². The Hall–Kier alpha value is -0.870. The van der Waals surface area contributed by atoms with Crippen LogP contribution in [0.15, 0.2) is 10.6 Å². The number of fused-ring (bicyclic) bond motifs is 2. The van der Waals surface area contributed by atoms with Crippen LogP contribution in [0.5, 0.6) is 0 Å². The molecule has 0 aromatic carbocycles. The zero-order chi connectivity index (χ0) is 11.0.